The lowest BCUT2D eigenvalue weighted by Crippen LogP contribution is -2.28. The van der Waals surface area contributed by atoms with E-state index in [-0.39, 0.29) is 18.6 Å². The molecule has 0 spiro atoms. The molecule has 120 valence electrons. The molecule has 1 atom stereocenters. The van der Waals surface area contributed by atoms with Crippen LogP contribution in [0, 0.1) is 11.3 Å². The number of aliphatic hydroxyl groups is 1. The molecule has 1 unspecified atom stereocenters. The molecule has 6 heteroatoms. The number of rotatable bonds is 6. The molecule has 23 heavy (non-hydrogen) atoms. The summed E-state index contributed by atoms with van der Waals surface area (Å²) in [7, 11) is 0. The number of aromatic nitrogens is 1. The second-order valence-corrected chi connectivity index (χ2v) is 5.38. The predicted octanol–water partition coefficient (Wildman–Crippen LogP) is 2.14. The maximum Gasteiger partial charge on any atom is 0.252 e. The first-order valence-electron chi connectivity index (χ1n) is 7.31. The summed E-state index contributed by atoms with van der Waals surface area (Å²) in [6.07, 6.45) is 0.659. The summed E-state index contributed by atoms with van der Waals surface area (Å²) in [6.45, 7) is 3.92. The highest BCUT2D eigenvalue weighted by Gasteiger charge is 2.13. The molecule has 1 aromatic carbocycles. The molecule has 1 heterocycles. The summed E-state index contributed by atoms with van der Waals surface area (Å²) in [5.74, 6) is 0.323. The van der Waals surface area contributed by atoms with Crippen molar-refractivity contribution in [3.05, 3.63) is 53.3 Å². The number of carbonyl (C=O) groups excluding carboxylic acids is 1. The Kier molecular flexibility index (Phi) is 5.39. The van der Waals surface area contributed by atoms with Crippen LogP contribution in [0.25, 0.3) is 0 Å². The van der Waals surface area contributed by atoms with Gasteiger partial charge in [0.15, 0.2) is 0 Å². The molecule has 2 rings (SSSR count). The number of hydrogen-bond donors (Lipinski definition) is 3. The predicted molar refractivity (Wildman–Crippen MR) is 85.0 cm³/mol. The van der Waals surface area contributed by atoms with Crippen molar-refractivity contribution in [2.45, 2.75) is 26.1 Å². The summed E-state index contributed by atoms with van der Waals surface area (Å²) in [5, 5.41) is 21.6. The molecular formula is C17H19N3O3. The van der Waals surface area contributed by atoms with Crippen LogP contribution < -0.4 is 10.1 Å². The van der Waals surface area contributed by atoms with Gasteiger partial charge in [0.1, 0.15) is 17.5 Å². The minimum absolute atomic E-state index is 0.0463. The Bertz CT molecular complexity index is 716. The van der Waals surface area contributed by atoms with Crippen LogP contribution >= 0.6 is 0 Å². The standard InChI is InChI=1S/C17H19N3O3/c1-11(2)23-15-5-3-4-12(7-15)16(21)10-20-17(22)13-6-14(8-18)19-9-13/h3-7,9,11,16,19,21H,10H2,1-2H3,(H,20,22). The Hall–Kier alpha value is -2.78. The highest BCUT2D eigenvalue weighted by molar-refractivity contribution is 5.94. The average molecular weight is 313 g/mol. The van der Waals surface area contributed by atoms with E-state index in [9.17, 15) is 9.90 Å². The van der Waals surface area contributed by atoms with Gasteiger partial charge in [0.2, 0.25) is 0 Å². The molecule has 0 radical (unpaired) electrons. The lowest BCUT2D eigenvalue weighted by Gasteiger charge is -2.15. The van der Waals surface area contributed by atoms with Crippen molar-refractivity contribution >= 4 is 5.91 Å². The van der Waals surface area contributed by atoms with E-state index in [2.05, 4.69) is 10.3 Å². The third-order valence-electron chi connectivity index (χ3n) is 3.14. The SMILES string of the molecule is CC(C)Oc1cccc(C(O)CNC(=O)c2c[nH]c(C#N)c2)c1. The minimum atomic E-state index is -0.843. The molecule has 1 aromatic heterocycles. The van der Waals surface area contributed by atoms with Gasteiger partial charge in [-0.25, -0.2) is 0 Å². The van der Waals surface area contributed by atoms with Crippen molar-refractivity contribution in [3.63, 3.8) is 0 Å². The summed E-state index contributed by atoms with van der Waals surface area (Å²) in [5.41, 5.74) is 1.33. The third kappa shape index (κ3) is 4.59. The summed E-state index contributed by atoms with van der Waals surface area (Å²) < 4.78 is 5.58. The van der Waals surface area contributed by atoms with Crippen LogP contribution in [-0.2, 0) is 0 Å². The molecule has 0 aliphatic rings. The van der Waals surface area contributed by atoms with Crippen molar-refractivity contribution < 1.29 is 14.6 Å². The Morgan fingerprint density at radius 2 is 2.22 bits per heavy atom. The lowest BCUT2D eigenvalue weighted by molar-refractivity contribution is 0.0916. The van der Waals surface area contributed by atoms with Crippen molar-refractivity contribution in [2.24, 2.45) is 0 Å². The van der Waals surface area contributed by atoms with Crippen LogP contribution in [0.15, 0.2) is 36.5 Å². The number of nitriles is 1. The van der Waals surface area contributed by atoms with Crippen LogP contribution in [-0.4, -0.2) is 28.6 Å². The molecular weight excluding hydrogens is 294 g/mol. The monoisotopic (exact) mass is 313 g/mol. The van der Waals surface area contributed by atoms with Gasteiger partial charge >= 0.3 is 0 Å². The fourth-order valence-electron chi connectivity index (χ4n) is 2.07. The molecule has 0 bridgehead atoms. The fourth-order valence-corrected chi connectivity index (χ4v) is 2.07. The third-order valence-corrected chi connectivity index (χ3v) is 3.14. The Labute approximate surface area is 134 Å². The van der Waals surface area contributed by atoms with Gasteiger partial charge in [-0.2, -0.15) is 5.26 Å². The summed E-state index contributed by atoms with van der Waals surface area (Å²) >= 11 is 0. The summed E-state index contributed by atoms with van der Waals surface area (Å²) in [6, 6.07) is 10.5. The zero-order valence-electron chi connectivity index (χ0n) is 13.0. The number of aromatic amines is 1. The number of H-pyrrole nitrogens is 1. The molecule has 3 N–H and O–H groups in total. The number of aliphatic hydroxyl groups excluding tert-OH is 1. The van der Waals surface area contributed by atoms with E-state index in [1.807, 2.05) is 26.0 Å². The normalized spacial score (nSPS) is 11.8. The first-order chi connectivity index (χ1) is 11.0. The molecule has 0 saturated heterocycles. The van der Waals surface area contributed by atoms with Gasteiger partial charge < -0.3 is 20.1 Å². The van der Waals surface area contributed by atoms with Crippen LogP contribution in [0.2, 0.25) is 0 Å². The largest absolute Gasteiger partial charge is 0.491 e. The van der Waals surface area contributed by atoms with E-state index >= 15 is 0 Å². The molecule has 0 aliphatic carbocycles. The number of hydrogen-bond acceptors (Lipinski definition) is 4. The van der Waals surface area contributed by atoms with Gasteiger partial charge in [-0.3, -0.25) is 4.79 Å². The first-order valence-corrected chi connectivity index (χ1v) is 7.31. The second kappa shape index (κ2) is 7.47. The second-order valence-electron chi connectivity index (χ2n) is 5.38. The average Bonchev–Trinajstić information content (AvgIpc) is 3.01. The number of carbonyl (C=O) groups is 1. The van der Waals surface area contributed by atoms with Crippen molar-refractivity contribution in [3.8, 4) is 11.8 Å². The van der Waals surface area contributed by atoms with Crippen molar-refractivity contribution in [1.82, 2.24) is 10.3 Å². The minimum Gasteiger partial charge on any atom is -0.491 e. The molecule has 0 fully saturated rings. The van der Waals surface area contributed by atoms with Crippen LogP contribution in [0.1, 0.15) is 41.6 Å². The van der Waals surface area contributed by atoms with Crippen LogP contribution in [0.5, 0.6) is 5.75 Å². The highest BCUT2D eigenvalue weighted by Crippen LogP contribution is 2.20. The van der Waals surface area contributed by atoms with Gasteiger partial charge in [-0.05, 0) is 37.6 Å². The summed E-state index contributed by atoms with van der Waals surface area (Å²) in [4.78, 5) is 14.6. The smallest absolute Gasteiger partial charge is 0.252 e. The molecule has 2 aromatic rings. The van der Waals surface area contributed by atoms with Crippen LogP contribution in [0.4, 0.5) is 0 Å². The van der Waals surface area contributed by atoms with E-state index < -0.39 is 6.10 Å². The van der Waals surface area contributed by atoms with Crippen molar-refractivity contribution in [2.75, 3.05) is 6.54 Å². The first kappa shape index (κ1) is 16.6. The van der Waals surface area contributed by atoms with Gasteiger partial charge in [0.05, 0.1) is 17.8 Å². The number of ether oxygens (including phenoxy) is 1. The number of nitrogens with one attached hydrogen (secondary N) is 2. The molecule has 0 aliphatic heterocycles. The van der Waals surface area contributed by atoms with E-state index in [0.717, 1.165) is 0 Å². The van der Waals surface area contributed by atoms with E-state index in [1.54, 1.807) is 18.2 Å². The number of amides is 1. The Balaban J connectivity index is 1.95. The maximum atomic E-state index is 11.9. The quantitative estimate of drug-likeness (QED) is 0.761. The van der Waals surface area contributed by atoms with Gasteiger partial charge in [0.25, 0.3) is 5.91 Å². The molecule has 6 nitrogen and oxygen atoms in total. The van der Waals surface area contributed by atoms with Gasteiger partial charge in [-0.15, -0.1) is 0 Å². The van der Waals surface area contributed by atoms with Crippen molar-refractivity contribution in [1.29, 1.82) is 5.26 Å². The topological polar surface area (TPSA) is 98.1 Å². The zero-order chi connectivity index (χ0) is 16.8. The van der Waals surface area contributed by atoms with Gasteiger partial charge in [0, 0.05) is 12.7 Å². The lowest BCUT2D eigenvalue weighted by atomic mass is 10.1. The van der Waals surface area contributed by atoms with E-state index in [1.165, 1.54) is 12.3 Å². The Morgan fingerprint density at radius 1 is 1.43 bits per heavy atom. The molecule has 1 amide bonds. The highest BCUT2D eigenvalue weighted by atomic mass is 16.5. The van der Waals surface area contributed by atoms with E-state index in [4.69, 9.17) is 10.00 Å². The van der Waals surface area contributed by atoms with E-state index in [0.29, 0.717) is 22.6 Å². The van der Waals surface area contributed by atoms with Crippen LogP contribution in [0.3, 0.4) is 0 Å². The van der Waals surface area contributed by atoms with Gasteiger partial charge in [-0.1, -0.05) is 12.1 Å². The fraction of sp³-hybridized carbons (Fsp3) is 0.294. The molecule has 0 saturated carbocycles. The Morgan fingerprint density at radius 3 is 2.87 bits per heavy atom. The maximum absolute atomic E-state index is 11.9. The zero-order valence-corrected chi connectivity index (χ0v) is 13.0. The number of nitrogens with zero attached hydrogens (tertiary/aromatic N) is 1. The number of benzene rings is 1.